The summed E-state index contributed by atoms with van der Waals surface area (Å²) in [6.45, 7) is 4.45. The molecule has 3 rings (SSSR count). The van der Waals surface area contributed by atoms with E-state index in [-0.39, 0.29) is 25.3 Å². The molecule has 1 heterocycles. The lowest BCUT2D eigenvalue weighted by molar-refractivity contribution is 0.252. The Kier molecular flexibility index (Phi) is 9.60. The summed E-state index contributed by atoms with van der Waals surface area (Å²) in [5, 5.41) is 8.82. The summed E-state index contributed by atoms with van der Waals surface area (Å²) in [7, 11) is 1.54. The molecule has 0 aliphatic heterocycles. The number of carbonyl (C=O) groups is 1. The van der Waals surface area contributed by atoms with E-state index in [9.17, 15) is 9.18 Å². The predicted octanol–water partition coefficient (Wildman–Crippen LogP) is 6.02. The highest BCUT2D eigenvalue weighted by molar-refractivity contribution is 5.91. The number of halogens is 1. The molecule has 8 heteroatoms. The summed E-state index contributed by atoms with van der Waals surface area (Å²) in [5.41, 5.74) is 2.85. The Bertz CT molecular complexity index is 1060. The maximum Gasteiger partial charge on any atom is 0.319 e. The molecule has 176 valence electrons. The molecule has 0 aliphatic rings. The summed E-state index contributed by atoms with van der Waals surface area (Å²) in [4.78, 5) is 20.8. The van der Waals surface area contributed by atoms with Crippen molar-refractivity contribution in [3.63, 3.8) is 0 Å². The van der Waals surface area contributed by atoms with E-state index in [1.807, 2.05) is 19.1 Å². The van der Waals surface area contributed by atoms with Crippen molar-refractivity contribution in [2.45, 2.75) is 40.2 Å². The number of hydrogen-bond donors (Lipinski definition) is 3. The van der Waals surface area contributed by atoms with Crippen LogP contribution < -0.4 is 20.7 Å². The highest BCUT2D eigenvalue weighted by Crippen LogP contribution is 2.31. The van der Waals surface area contributed by atoms with Crippen molar-refractivity contribution in [1.29, 1.82) is 0 Å². The maximum atomic E-state index is 13.7. The number of urea groups is 1. The highest BCUT2D eigenvalue weighted by atomic mass is 19.1. The van der Waals surface area contributed by atoms with Crippen molar-refractivity contribution in [2.24, 2.45) is 0 Å². The molecule has 1 aromatic heterocycles. The van der Waals surface area contributed by atoms with Gasteiger partial charge in [-0.2, -0.15) is 0 Å². The van der Waals surface area contributed by atoms with E-state index in [0.717, 1.165) is 24.0 Å². The van der Waals surface area contributed by atoms with Crippen molar-refractivity contribution < 1.29 is 13.9 Å². The average molecular weight is 454 g/mol. The number of aromatic nitrogens is 2. The molecule has 7 nitrogen and oxygen atoms in total. The first-order chi connectivity index (χ1) is 15.5. The van der Waals surface area contributed by atoms with Gasteiger partial charge in [-0.05, 0) is 43.2 Å². The molecule has 0 saturated carbocycles. The first-order valence-corrected chi connectivity index (χ1v) is 10.6. The van der Waals surface area contributed by atoms with Gasteiger partial charge in [-0.25, -0.2) is 14.2 Å². The molecule has 2 aromatic carbocycles. The maximum absolute atomic E-state index is 13.7. The van der Waals surface area contributed by atoms with Gasteiger partial charge in [0.2, 0.25) is 0 Å². The van der Waals surface area contributed by atoms with Crippen molar-refractivity contribution in [3.05, 3.63) is 66.2 Å². The molecule has 0 bridgehead atoms. The number of benzene rings is 2. The van der Waals surface area contributed by atoms with E-state index in [1.165, 1.54) is 12.1 Å². The molecule has 3 N–H and O–H groups in total. The van der Waals surface area contributed by atoms with Gasteiger partial charge in [0, 0.05) is 12.1 Å². The third kappa shape index (κ3) is 6.90. The lowest BCUT2D eigenvalue weighted by atomic mass is 10.0. The average Bonchev–Trinajstić information content (AvgIpc) is 2.79. The topological polar surface area (TPSA) is 88.2 Å². The minimum Gasteiger partial charge on any atom is -0.495 e. The van der Waals surface area contributed by atoms with Crippen molar-refractivity contribution in [3.8, 4) is 17.0 Å². The molecule has 2 amide bonds. The molecule has 0 saturated heterocycles. The van der Waals surface area contributed by atoms with Crippen LogP contribution in [0.3, 0.4) is 0 Å². The number of anilines is 2. The molecule has 0 spiro atoms. The van der Waals surface area contributed by atoms with E-state index in [0.29, 0.717) is 29.5 Å². The van der Waals surface area contributed by atoms with E-state index >= 15 is 0 Å². The minimum absolute atomic E-state index is 0. The van der Waals surface area contributed by atoms with Gasteiger partial charge in [-0.1, -0.05) is 39.0 Å². The second-order valence-corrected chi connectivity index (χ2v) is 7.23. The van der Waals surface area contributed by atoms with Crippen molar-refractivity contribution in [1.82, 2.24) is 15.3 Å². The van der Waals surface area contributed by atoms with Crippen molar-refractivity contribution in [2.75, 3.05) is 24.3 Å². The van der Waals surface area contributed by atoms with Crippen LogP contribution in [0.25, 0.3) is 11.3 Å². The van der Waals surface area contributed by atoms with E-state index in [1.54, 1.807) is 37.7 Å². The van der Waals surface area contributed by atoms with Gasteiger partial charge in [0.05, 0.1) is 36.9 Å². The molecule has 33 heavy (non-hydrogen) atoms. The molecule has 1 unspecified atom stereocenters. The fourth-order valence-electron chi connectivity index (χ4n) is 3.37. The first kappa shape index (κ1) is 25.6. The molecule has 0 radical (unpaired) electrons. The Balaban J connectivity index is 0.00000385. The van der Waals surface area contributed by atoms with Gasteiger partial charge in [0.25, 0.3) is 0 Å². The number of methoxy groups -OCH3 is 1. The third-order valence-corrected chi connectivity index (χ3v) is 4.87. The van der Waals surface area contributed by atoms with Crippen LogP contribution >= 0.6 is 0 Å². The van der Waals surface area contributed by atoms with Gasteiger partial charge in [-0.15, -0.1) is 0 Å². The molecule has 0 aliphatic carbocycles. The second-order valence-electron chi connectivity index (χ2n) is 7.23. The quantitative estimate of drug-likeness (QED) is 0.369. The van der Waals surface area contributed by atoms with Crippen LogP contribution in [0.2, 0.25) is 0 Å². The first-order valence-electron chi connectivity index (χ1n) is 10.6. The predicted molar refractivity (Wildman–Crippen MR) is 131 cm³/mol. The number of hydrogen-bond acceptors (Lipinski definition) is 5. The Morgan fingerprint density at radius 2 is 1.97 bits per heavy atom. The lowest BCUT2D eigenvalue weighted by Gasteiger charge is -2.19. The van der Waals surface area contributed by atoms with Crippen LogP contribution in [0.4, 0.5) is 20.7 Å². The van der Waals surface area contributed by atoms with Crippen LogP contribution in [-0.4, -0.2) is 29.7 Å². The smallest absolute Gasteiger partial charge is 0.319 e. The molecule has 0 fully saturated rings. The normalized spacial score (nSPS) is 11.2. The molecule has 3 aromatic rings. The Morgan fingerprint density at radius 3 is 2.67 bits per heavy atom. The van der Waals surface area contributed by atoms with Crippen LogP contribution in [-0.2, 0) is 0 Å². The zero-order valence-electron chi connectivity index (χ0n) is 18.5. The number of rotatable bonds is 9. The molecular weight excluding hydrogens is 421 g/mol. The minimum atomic E-state index is -0.302. The van der Waals surface area contributed by atoms with Crippen molar-refractivity contribution >= 4 is 17.5 Å². The van der Waals surface area contributed by atoms with E-state index in [2.05, 4.69) is 32.8 Å². The van der Waals surface area contributed by atoms with Gasteiger partial charge in [0.1, 0.15) is 17.4 Å². The summed E-state index contributed by atoms with van der Waals surface area (Å²) >= 11 is 0. The van der Waals surface area contributed by atoms with Gasteiger partial charge < -0.3 is 20.7 Å². The number of ether oxygens (including phenoxy) is 1. The molecule has 1 atom stereocenters. The monoisotopic (exact) mass is 453 g/mol. The number of amides is 2. The summed E-state index contributed by atoms with van der Waals surface area (Å²) in [5.74, 6) is 0.838. The second kappa shape index (κ2) is 12.4. The fourth-order valence-corrected chi connectivity index (χ4v) is 3.37. The van der Waals surface area contributed by atoms with Crippen LogP contribution in [0, 0.1) is 5.82 Å². The zero-order valence-corrected chi connectivity index (χ0v) is 18.5. The SMILES string of the molecule is C.CCCC(Nc1cncc(-c2ccc(NC(=O)NCC)c(OC)c2)n1)c1cccc(F)c1. The third-order valence-electron chi connectivity index (χ3n) is 4.87. The number of nitrogens with zero attached hydrogens (tertiary/aromatic N) is 2. The summed E-state index contributed by atoms with van der Waals surface area (Å²) < 4.78 is 19.2. The van der Waals surface area contributed by atoms with E-state index < -0.39 is 0 Å². The summed E-state index contributed by atoms with van der Waals surface area (Å²) in [6.07, 6.45) is 5.06. The Labute approximate surface area is 194 Å². The number of nitrogens with one attached hydrogen (secondary N) is 3. The van der Waals surface area contributed by atoms with Crippen LogP contribution in [0.15, 0.2) is 54.9 Å². The largest absolute Gasteiger partial charge is 0.495 e. The van der Waals surface area contributed by atoms with E-state index in [4.69, 9.17) is 4.74 Å². The zero-order chi connectivity index (χ0) is 22.9. The highest BCUT2D eigenvalue weighted by Gasteiger charge is 2.14. The fraction of sp³-hybridized carbons (Fsp3) is 0.320. The Morgan fingerprint density at radius 1 is 1.15 bits per heavy atom. The van der Waals surface area contributed by atoms with Crippen LogP contribution in [0.5, 0.6) is 5.75 Å². The van der Waals surface area contributed by atoms with Gasteiger partial charge >= 0.3 is 6.03 Å². The van der Waals surface area contributed by atoms with Crippen LogP contribution in [0.1, 0.15) is 45.7 Å². The number of carbonyl (C=O) groups excluding carboxylic acids is 1. The summed E-state index contributed by atoms with van der Waals surface area (Å²) in [6, 6.07) is 11.6. The van der Waals surface area contributed by atoms with Gasteiger partial charge in [0.15, 0.2) is 0 Å². The lowest BCUT2D eigenvalue weighted by Crippen LogP contribution is -2.28. The standard InChI is InChI=1S/C24H28FN5O2.CH4/c1-4-7-19(16-8-6-9-18(25)12-16)28-23-15-26-14-21(29-23)17-10-11-20(22(13-17)32-3)30-24(31)27-5-2;/h6,8-15,19H,4-5,7H2,1-3H3,(H,28,29)(H2,27,30,31);1H4. The molecular formula is C25H32FN5O2. The Hall–Kier alpha value is -3.68. The van der Waals surface area contributed by atoms with Gasteiger partial charge in [-0.3, -0.25) is 4.98 Å².